The van der Waals surface area contributed by atoms with Crippen LogP contribution in [0.3, 0.4) is 0 Å². The van der Waals surface area contributed by atoms with E-state index in [-0.39, 0.29) is 10.7 Å². The zero-order valence-electron chi connectivity index (χ0n) is 9.60. The number of nitrogens with two attached hydrogens (primary N) is 1. The van der Waals surface area contributed by atoms with Gasteiger partial charge in [-0.05, 0) is 17.3 Å². The number of hydrazine groups is 1. The number of anilines is 2. The summed E-state index contributed by atoms with van der Waals surface area (Å²) in [6.45, 7) is 0. The summed E-state index contributed by atoms with van der Waals surface area (Å²) in [6.07, 6.45) is -4.64. The quantitative estimate of drug-likeness (QED) is 0.586. The van der Waals surface area contributed by atoms with Gasteiger partial charge in [-0.1, -0.05) is 15.7 Å². The fourth-order valence-corrected chi connectivity index (χ4v) is 1.84. The van der Waals surface area contributed by atoms with Gasteiger partial charge in [0.1, 0.15) is 0 Å². The number of nitrogens with one attached hydrogen (secondary N) is 2. The van der Waals surface area contributed by atoms with Gasteiger partial charge < -0.3 is 5.43 Å². The molecule has 1 aromatic heterocycles. The van der Waals surface area contributed by atoms with E-state index in [1.54, 1.807) is 0 Å². The van der Waals surface area contributed by atoms with E-state index >= 15 is 0 Å². The average Bonchev–Trinajstić information content (AvgIpc) is 2.89. The maximum atomic E-state index is 12.8. The molecule has 0 aliphatic carbocycles. The van der Waals surface area contributed by atoms with Crippen LogP contribution in [-0.2, 0) is 6.18 Å². The summed E-state index contributed by atoms with van der Waals surface area (Å²) in [5.41, 5.74) is 0.0786. The van der Waals surface area contributed by atoms with E-state index < -0.39 is 23.3 Å². The first-order valence-corrected chi connectivity index (χ1v) is 5.84. The van der Waals surface area contributed by atoms with Crippen LogP contribution in [0.15, 0.2) is 18.2 Å². The highest BCUT2D eigenvalue weighted by Crippen LogP contribution is 2.36. The third kappa shape index (κ3) is 2.83. The van der Waals surface area contributed by atoms with Gasteiger partial charge in [-0.15, -0.1) is 0 Å². The van der Waals surface area contributed by atoms with Gasteiger partial charge in [0.2, 0.25) is 5.13 Å². The number of hydrogen-bond donors (Lipinski definition) is 3. The summed E-state index contributed by atoms with van der Waals surface area (Å²) >= 11 is 0.791. The van der Waals surface area contributed by atoms with E-state index in [9.17, 15) is 18.0 Å². The first-order chi connectivity index (χ1) is 9.43. The van der Waals surface area contributed by atoms with Crippen molar-refractivity contribution in [2.45, 2.75) is 6.18 Å². The molecule has 2 aromatic rings. The molecule has 0 aliphatic heterocycles. The minimum Gasteiger partial charge on any atom is -0.323 e. The fourth-order valence-electron chi connectivity index (χ4n) is 1.48. The van der Waals surface area contributed by atoms with Gasteiger partial charge in [-0.3, -0.25) is 16.0 Å². The molecule has 1 aromatic carbocycles. The van der Waals surface area contributed by atoms with Crippen molar-refractivity contribution in [2.75, 3.05) is 10.7 Å². The lowest BCUT2D eigenvalue weighted by atomic mass is 10.1. The number of carbonyl (C=O) groups excluding carboxylic acids is 1. The van der Waals surface area contributed by atoms with E-state index in [0.717, 1.165) is 23.7 Å². The number of rotatable bonds is 3. The molecule has 0 unspecified atom stereocenters. The number of halogens is 3. The minimum absolute atomic E-state index is 0.0652. The SMILES string of the molecule is NNc1c(C(=O)Nc2nnns2)cccc1C(F)(F)F. The summed E-state index contributed by atoms with van der Waals surface area (Å²) in [6, 6.07) is 3.13. The lowest BCUT2D eigenvalue weighted by molar-refractivity contribution is -0.137. The standard InChI is InChI=1S/C9H7F3N6OS/c10-9(11,12)5-3-1-2-4(6(5)15-13)7(19)14-8-16-17-18-20-8/h1-3,15H,13H2,(H,14,16,18,19). The molecule has 7 nitrogen and oxygen atoms in total. The topological polar surface area (TPSA) is 106 Å². The van der Waals surface area contributed by atoms with E-state index in [4.69, 9.17) is 5.84 Å². The predicted octanol–water partition coefficient (Wildman–Crippen LogP) is 1.49. The molecular formula is C9H7F3N6OS. The molecule has 0 atom stereocenters. The van der Waals surface area contributed by atoms with E-state index in [2.05, 4.69) is 20.1 Å². The second kappa shape index (κ2) is 5.38. The van der Waals surface area contributed by atoms with E-state index in [1.807, 2.05) is 5.43 Å². The lowest BCUT2D eigenvalue weighted by Gasteiger charge is -2.15. The fraction of sp³-hybridized carbons (Fsp3) is 0.111. The third-order valence-corrected chi connectivity index (χ3v) is 2.79. The van der Waals surface area contributed by atoms with E-state index in [0.29, 0.717) is 0 Å². The predicted molar refractivity (Wildman–Crippen MR) is 64.9 cm³/mol. The Kier molecular flexibility index (Phi) is 3.81. The van der Waals surface area contributed by atoms with Gasteiger partial charge in [0, 0.05) is 11.5 Å². The Morgan fingerprint density at radius 3 is 2.65 bits per heavy atom. The summed E-state index contributed by atoms with van der Waals surface area (Å²) in [5, 5.41) is 9.05. The molecule has 106 valence electrons. The molecule has 0 bridgehead atoms. The zero-order chi connectivity index (χ0) is 14.8. The molecule has 4 N–H and O–H groups in total. The number of nitrogens with zero attached hydrogens (tertiary/aromatic N) is 3. The maximum absolute atomic E-state index is 12.8. The van der Waals surface area contributed by atoms with Gasteiger partial charge in [0.25, 0.3) is 5.91 Å². The van der Waals surface area contributed by atoms with Gasteiger partial charge in [-0.2, -0.15) is 13.2 Å². The number of alkyl halides is 3. The highest BCUT2D eigenvalue weighted by atomic mass is 32.1. The number of benzene rings is 1. The van der Waals surface area contributed by atoms with Crippen molar-refractivity contribution in [3.63, 3.8) is 0 Å². The lowest BCUT2D eigenvalue weighted by Crippen LogP contribution is -2.21. The van der Waals surface area contributed by atoms with Gasteiger partial charge in [0.05, 0.1) is 16.8 Å². The second-order valence-electron chi connectivity index (χ2n) is 3.49. The molecule has 1 amide bonds. The van der Waals surface area contributed by atoms with Crippen LogP contribution in [0.25, 0.3) is 0 Å². The van der Waals surface area contributed by atoms with Crippen LogP contribution in [0.4, 0.5) is 24.0 Å². The Bertz CT molecular complexity index is 615. The highest BCUT2D eigenvalue weighted by molar-refractivity contribution is 7.09. The molecule has 0 radical (unpaired) electrons. The van der Waals surface area contributed by atoms with Crippen LogP contribution >= 0.6 is 11.5 Å². The van der Waals surface area contributed by atoms with Crippen molar-refractivity contribution >= 4 is 28.3 Å². The Balaban J connectivity index is 2.39. The van der Waals surface area contributed by atoms with Crippen LogP contribution < -0.4 is 16.6 Å². The molecule has 11 heteroatoms. The Morgan fingerprint density at radius 2 is 2.10 bits per heavy atom. The van der Waals surface area contributed by atoms with E-state index in [1.165, 1.54) is 6.07 Å². The molecule has 2 rings (SSSR count). The normalized spacial score (nSPS) is 11.2. The smallest absolute Gasteiger partial charge is 0.323 e. The van der Waals surface area contributed by atoms with Crippen LogP contribution in [0.5, 0.6) is 0 Å². The van der Waals surface area contributed by atoms with Gasteiger partial charge in [-0.25, -0.2) is 0 Å². The molecule has 0 spiro atoms. The van der Waals surface area contributed by atoms with Crippen LogP contribution in [0.2, 0.25) is 0 Å². The highest BCUT2D eigenvalue weighted by Gasteiger charge is 2.35. The average molecular weight is 304 g/mol. The summed E-state index contributed by atoms with van der Waals surface area (Å²) < 4.78 is 41.8. The van der Waals surface area contributed by atoms with Crippen molar-refractivity contribution in [3.8, 4) is 0 Å². The Morgan fingerprint density at radius 1 is 1.35 bits per heavy atom. The summed E-state index contributed by atoms with van der Waals surface area (Å²) in [4.78, 5) is 11.9. The van der Waals surface area contributed by atoms with Crippen LogP contribution in [0.1, 0.15) is 15.9 Å². The van der Waals surface area contributed by atoms with Crippen molar-refractivity contribution < 1.29 is 18.0 Å². The number of hydrogen-bond acceptors (Lipinski definition) is 7. The number of aromatic nitrogens is 3. The first kappa shape index (κ1) is 14.1. The molecule has 0 saturated carbocycles. The van der Waals surface area contributed by atoms with Gasteiger partial charge >= 0.3 is 6.18 Å². The Labute approximate surface area is 114 Å². The van der Waals surface area contributed by atoms with Gasteiger partial charge in [0.15, 0.2) is 0 Å². The van der Waals surface area contributed by atoms with Crippen LogP contribution in [-0.4, -0.2) is 20.7 Å². The van der Waals surface area contributed by atoms with Crippen molar-refractivity contribution in [1.82, 2.24) is 14.8 Å². The maximum Gasteiger partial charge on any atom is 0.418 e. The number of para-hydroxylation sites is 1. The summed E-state index contributed by atoms with van der Waals surface area (Å²) in [5.74, 6) is 4.29. The number of carbonyl (C=O) groups is 1. The molecule has 0 aliphatic rings. The molecule has 0 saturated heterocycles. The monoisotopic (exact) mass is 304 g/mol. The van der Waals surface area contributed by atoms with Crippen molar-refractivity contribution in [1.29, 1.82) is 0 Å². The van der Waals surface area contributed by atoms with Crippen molar-refractivity contribution in [2.24, 2.45) is 5.84 Å². The Hall–Kier alpha value is -2.27. The molecule has 1 heterocycles. The number of amides is 1. The van der Waals surface area contributed by atoms with Crippen LogP contribution in [0, 0.1) is 0 Å². The molecule has 20 heavy (non-hydrogen) atoms. The second-order valence-corrected chi connectivity index (χ2v) is 4.22. The minimum atomic E-state index is -4.64. The third-order valence-electron chi connectivity index (χ3n) is 2.28. The first-order valence-electron chi connectivity index (χ1n) is 5.06. The van der Waals surface area contributed by atoms with Crippen molar-refractivity contribution in [3.05, 3.63) is 29.3 Å². The largest absolute Gasteiger partial charge is 0.418 e. The summed E-state index contributed by atoms with van der Waals surface area (Å²) in [7, 11) is 0. The number of nitrogen functional groups attached to an aromatic ring is 1. The molecular weight excluding hydrogens is 297 g/mol. The molecule has 0 fully saturated rings. The zero-order valence-corrected chi connectivity index (χ0v) is 10.4.